The first-order valence-electron chi connectivity index (χ1n) is 8.94. The maximum Gasteiger partial charge on any atom is 0.225 e. The second-order valence-electron chi connectivity index (χ2n) is 6.42. The molecule has 0 amide bonds. The van der Waals surface area contributed by atoms with Crippen LogP contribution in [0.4, 0.5) is 22.0 Å². The third-order valence-electron chi connectivity index (χ3n) is 4.72. The van der Waals surface area contributed by atoms with Crippen LogP contribution >= 0.6 is 0 Å². The number of fused-ring (bicyclic) bond motifs is 1. The van der Waals surface area contributed by atoms with Crippen LogP contribution in [0, 0.1) is 5.82 Å². The van der Waals surface area contributed by atoms with Gasteiger partial charge in [0.15, 0.2) is 11.6 Å². The van der Waals surface area contributed by atoms with Crippen LogP contribution in [0.15, 0.2) is 48.8 Å². The molecule has 4 rings (SSSR count). The van der Waals surface area contributed by atoms with Crippen LogP contribution in [-0.4, -0.2) is 28.5 Å². The van der Waals surface area contributed by atoms with Crippen molar-refractivity contribution in [3.8, 4) is 0 Å². The average Bonchev–Trinajstić information content (AvgIpc) is 2.73. The van der Waals surface area contributed by atoms with Gasteiger partial charge in [0, 0.05) is 38.4 Å². The van der Waals surface area contributed by atoms with Gasteiger partial charge in [-0.05, 0) is 23.6 Å². The van der Waals surface area contributed by atoms with Crippen LogP contribution in [-0.2, 0) is 19.5 Å². The molecule has 7 heteroatoms. The van der Waals surface area contributed by atoms with Crippen LogP contribution in [0.5, 0.6) is 0 Å². The predicted molar refractivity (Wildman–Crippen MR) is 104 cm³/mol. The van der Waals surface area contributed by atoms with Crippen LogP contribution in [0.3, 0.4) is 0 Å². The summed E-state index contributed by atoms with van der Waals surface area (Å²) in [6, 6.07) is 12.5. The maximum absolute atomic E-state index is 13.5. The van der Waals surface area contributed by atoms with Crippen molar-refractivity contribution in [3.05, 3.63) is 71.3 Å². The minimum atomic E-state index is -0.475. The number of hydrogen-bond acceptors (Lipinski definition) is 6. The van der Waals surface area contributed by atoms with Gasteiger partial charge in [-0.3, -0.25) is 0 Å². The van der Waals surface area contributed by atoms with Crippen molar-refractivity contribution < 1.29 is 4.39 Å². The van der Waals surface area contributed by atoms with E-state index in [-0.39, 0.29) is 5.82 Å². The Bertz CT molecular complexity index is 945. The predicted octanol–water partition coefficient (Wildman–Crippen LogP) is 3.23. The number of nitrogens with one attached hydrogen (secondary N) is 2. The van der Waals surface area contributed by atoms with Gasteiger partial charge in [0.25, 0.3) is 0 Å². The summed E-state index contributed by atoms with van der Waals surface area (Å²) in [7, 11) is 1.63. The topological polar surface area (TPSA) is 66.0 Å². The molecule has 0 saturated heterocycles. The number of anilines is 3. The number of nitrogens with zero attached hydrogens (tertiary/aromatic N) is 4. The molecule has 0 atom stereocenters. The van der Waals surface area contributed by atoms with Crippen molar-refractivity contribution in [2.45, 2.75) is 19.5 Å². The number of halogens is 1. The van der Waals surface area contributed by atoms with E-state index < -0.39 is 5.82 Å². The summed E-state index contributed by atoms with van der Waals surface area (Å²) < 4.78 is 13.5. The van der Waals surface area contributed by atoms with Crippen molar-refractivity contribution in [1.82, 2.24) is 15.0 Å². The molecule has 3 aromatic rings. The fraction of sp³-hybridized carbons (Fsp3) is 0.250. The quantitative estimate of drug-likeness (QED) is 0.725. The first kappa shape index (κ1) is 17.2. The summed E-state index contributed by atoms with van der Waals surface area (Å²) >= 11 is 0. The molecule has 0 fully saturated rings. The Morgan fingerprint density at radius 1 is 1.11 bits per heavy atom. The van der Waals surface area contributed by atoms with Crippen LogP contribution in [0.2, 0.25) is 0 Å². The monoisotopic (exact) mass is 364 g/mol. The van der Waals surface area contributed by atoms with E-state index in [0.717, 1.165) is 37.1 Å². The molecule has 0 saturated carbocycles. The zero-order valence-corrected chi connectivity index (χ0v) is 15.1. The molecule has 1 aromatic carbocycles. The third kappa shape index (κ3) is 3.67. The molecule has 138 valence electrons. The standard InChI is InChI=1S/C20H21FN6/c1-22-18-17(21)12-25-20(26-18)24-11-15-7-4-9-23-19(15)27-10-8-14-5-2-3-6-16(14)13-27/h2-7,9,12H,8,10-11,13H2,1H3,(H2,22,24,25,26). The van der Waals surface area contributed by atoms with E-state index >= 15 is 0 Å². The number of aromatic nitrogens is 3. The summed E-state index contributed by atoms with van der Waals surface area (Å²) in [6.45, 7) is 2.28. The Labute approximate surface area is 157 Å². The summed E-state index contributed by atoms with van der Waals surface area (Å²) in [5.41, 5.74) is 3.80. The van der Waals surface area contributed by atoms with E-state index in [1.165, 1.54) is 11.1 Å². The second kappa shape index (κ2) is 7.57. The Hall–Kier alpha value is -3.22. The Kier molecular flexibility index (Phi) is 4.82. The Morgan fingerprint density at radius 2 is 1.96 bits per heavy atom. The van der Waals surface area contributed by atoms with E-state index in [1.54, 1.807) is 7.05 Å². The van der Waals surface area contributed by atoms with Crippen molar-refractivity contribution in [1.29, 1.82) is 0 Å². The minimum absolute atomic E-state index is 0.173. The summed E-state index contributed by atoms with van der Waals surface area (Å²) in [6.07, 6.45) is 3.98. The summed E-state index contributed by atoms with van der Waals surface area (Å²) in [5.74, 6) is 1.03. The zero-order chi connectivity index (χ0) is 18.6. The van der Waals surface area contributed by atoms with Crippen LogP contribution in [0.25, 0.3) is 0 Å². The van der Waals surface area contributed by atoms with Gasteiger partial charge in [-0.15, -0.1) is 0 Å². The van der Waals surface area contributed by atoms with Crippen molar-refractivity contribution in [3.63, 3.8) is 0 Å². The van der Waals surface area contributed by atoms with Crippen molar-refractivity contribution in [2.24, 2.45) is 0 Å². The fourth-order valence-corrected chi connectivity index (χ4v) is 3.33. The van der Waals surface area contributed by atoms with E-state index in [1.807, 2.05) is 18.3 Å². The molecule has 0 aliphatic carbocycles. The average molecular weight is 364 g/mol. The molecule has 2 N–H and O–H groups in total. The fourth-order valence-electron chi connectivity index (χ4n) is 3.33. The van der Waals surface area contributed by atoms with Gasteiger partial charge >= 0.3 is 0 Å². The van der Waals surface area contributed by atoms with Gasteiger partial charge in [-0.25, -0.2) is 14.4 Å². The molecule has 0 spiro atoms. The van der Waals surface area contributed by atoms with Gasteiger partial charge < -0.3 is 15.5 Å². The highest BCUT2D eigenvalue weighted by molar-refractivity contribution is 5.51. The van der Waals surface area contributed by atoms with Crippen LogP contribution in [0.1, 0.15) is 16.7 Å². The lowest BCUT2D eigenvalue weighted by atomic mass is 9.99. The normalized spacial score (nSPS) is 13.2. The number of pyridine rings is 1. The lowest BCUT2D eigenvalue weighted by molar-refractivity contribution is 0.618. The smallest absolute Gasteiger partial charge is 0.225 e. The molecule has 27 heavy (non-hydrogen) atoms. The van der Waals surface area contributed by atoms with Crippen molar-refractivity contribution >= 4 is 17.6 Å². The first-order valence-corrected chi connectivity index (χ1v) is 8.94. The molecule has 0 radical (unpaired) electrons. The molecule has 1 aliphatic heterocycles. The molecular formula is C20H21FN6. The largest absolute Gasteiger partial charge is 0.371 e. The number of rotatable bonds is 5. The van der Waals surface area contributed by atoms with Gasteiger partial charge in [0.05, 0.1) is 6.20 Å². The molecule has 6 nitrogen and oxygen atoms in total. The number of benzene rings is 1. The Balaban J connectivity index is 1.52. The Morgan fingerprint density at radius 3 is 2.81 bits per heavy atom. The first-order chi connectivity index (χ1) is 13.2. The van der Waals surface area contributed by atoms with Gasteiger partial charge in [0.2, 0.25) is 5.95 Å². The molecule has 3 heterocycles. The van der Waals surface area contributed by atoms with Gasteiger partial charge in [0.1, 0.15) is 5.82 Å². The highest BCUT2D eigenvalue weighted by Crippen LogP contribution is 2.26. The molecule has 1 aliphatic rings. The van der Waals surface area contributed by atoms with Gasteiger partial charge in [-0.2, -0.15) is 4.98 Å². The van der Waals surface area contributed by atoms with Crippen molar-refractivity contribution in [2.75, 3.05) is 29.1 Å². The third-order valence-corrected chi connectivity index (χ3v) is 4.72. The summed E-state index contributed by atoms with van der Waals surface area (Å²) in [4.78, 5) is 15.0. The molecule has 2 aromatic heterocycles. The highest BCUT2D eigenvalue weighted by atomic mass is 19.1. The minimum Gasteiger partial charge on any atom is -0.371 e. The zero-order valence-electron chi connectivity index (χ0n) is 15.1. The molecular weight excluding hydrogens is 343 g/mol. The molecule has 0 unspecified atom stereocenters. The van der Waals surface area contributed by atoms with Crippen LogP contribution < -0.4 is 15.5 Å². The summed E-state index contributed by atoms with van der Waals surface area (Å²) in [5, 5.41) is 5.89. The molecule has 0 bridgehead atoms. The van der Waals surface area contributed by atoms with E-state index in [2.05, 4.69) is 54.8 Å². The van der Waals surface area contributed by atoms with E-state index in [9.17, 15) is 4.39 Å². The maximum atomic E-state index is 13.5. The lowest BCUT2D eigenvalue weighted by Crippen LogP contribution is -2.32. The van der Waals surface area contributed by atoms with E-state index in [4.69, 9.17) is 0 Å². The lowest BCUT2D eigenvalue weighted by Gasteiger charge is -2.31. The highest BCUT2D eigenvalue weighted by Gasteiger charge is 2.19. The SMILES string of the molecule is CNc1nc(NCc2cccnc2N2CCc3ccccc3C2)ncc1F. The number of hydrogen-bond donors (Lipinski definition) is 2. The second-order valence-corrected chi connectivity index (χ2v) is 6.42. The van der Waals surface area contributed by atoms with E-state index in [0.29, 0.717) is 12.5 Å². The van der Waals surface area contributed by atoms with Gasteiger partial charge in [-0.1, -0.05) is 30.3 Å².